The first-order chi connectivity index (χ1) is 9.33. The number of thioether (sulfide) groups is 1. The number of amides is 1. The maximum atomic E-state index is 12.3. The van der Waals surface area contributed by atoms with Crippen LogP contribution in [0.1, 0.15) is 30.1 Å². The van der Waals surface area contributed by atoms with Gasteiger partial charge in [0.2, 0.25) is 5.91 Å². The number of carboxylic acids is 1. The van der Waals surface area contributed by atoms with Crippen LogP contribution in [0.2, 0.25) is 10.0 Å². The van der Waals surface area contributed by atoms with Gasteiger partial charge >= 0.3 is 5.97 Å². The van der Waals surface area contributed by atoms with Gasteiger partial charge in [-0.05, 0) is 37.7 Å². The van der Waals surface area contributed by atoms with Crippen molar-refractivity contribution in [2.75, 3.05) is 11.1 Å². The highest BCUT2D eigenvalue weighted by molar-refractivity contribution is 8.01. The number of nitrogens with one attached hydrogen (secondary N) is 1. The molecule has 0 saturated carbocycles. The Hall–Kier alpha value is -0.910. The quantitative estimate of drug-likeness (QED) is 0.879. The van der Waals surface area contributed by atoms with E-state index in [4.69, 9.17) is 23.2 Å². The van der Waals surface area contributed by atoms with Crippen molar-refractivity contribution in [1.29, 1.82) is 0 Å². The topological polar surface area (TPSA) is 66.4 Å². The fraction of sp³-hybridized carbons (Fsp3) is 0.385. The molecule has 2 N–H and O–H groups in total. The van der Waals surface area contributed by atoms with Crippen LogP contribution >= 0.6 is 35.0 Å². The molecule has 1 aliphatic heterocycles. The summed E-state index contributed by atoms with van der Waals surface area (Å²) < 4.78 is -0.543. The Morgan fingerprint density at radius 3 is 2.65 bits per heavy atom. The molecule has 20 heavy (non-hydrogen) atoms. The molecule has 1 aliphatic rings. The minimum Gasteiger partial charge on any atom is -0.478 e. The first-order valence-corrected chi connectivity index (χ1v) is 7.75. The summed E-state index contributed by atoms with van der Waals surface area (Å²) in [5, 5.41) is 12.2. The van der Waals surface area contributed by atoms with Crippen molar-refractivity contribution in [3.05, 3.63) is 27.7 Å². The van der Waals surface area contributed by atoms with Gasteiger partial charge in [0.1, 0.15) is 0 Å². The maximum Gasteiger partial charge on any atom is 0.337 e. The van der Waals surface area contributed by atoms with Gasteiger partial charge in [-0.15, -0.1) is 11.8 Å². The molecule has 0 bridgehead atoms. The largest absolute Gasteiger partial charge is 0.478 e. The third-order valence-electron chi connectivity index (χ3n) is 3.22. The average molecular weight is 334 g/mol. The fourth-order valence-electron chi connectivity index (χ4n) is 2.07. The van der Waals surface area contributed by atoms with Gasteiger partial charge in [0.25, 0.3) is 0 Å². The first-order valence-electron chi connectivity index (χ1n) is 6.01. The van der Waals surface area contributed by atoms with E-state index < -0.39 is 10.7 Å². The van der Waals surface area contributed by atoms with Crippen molar-refractivity contribution < 1.29 is 14.7 Å². The summed E-state index contributed by atoms with van der Waals surface area (Å²) in [7, 11) is 0. The second-order valence-electron chi connectivity index (χ2n) is 4.75. The van der Waals surface area contributed by atoms with Crippen molar-refractivity contribution >= 4 is 52.5 Å². The van der Waals surface area contributed by atoms with E-state index in [1.54, 1.807) is 11.8 Å². The molecular formula is C13H13Cl2NO3S. The fourth-order valence-corrected chi connectivity index (χ4v) is 3.82. The van der Waals surface area contributed by atoms with Crippen molar-refractivity contribution in [2.24, 2.45) is 0 Å². The Bertz CT molecular complexity index is 571. The molecule has 1 unspecified atom stereocenters. The molecule has 1 aromatic rings. The third kappa shape index (κ3) is 3.05. The van der Waals surface area contributed by atoms with Crippen molar-refractivity contribution in [2.45, 2.75) is 24.5 Å². The van der Waals surface area contributed by atoms with E-state index in [1.165, 1.54) is 12.1 Å². The van der Waals surface area contributed by atoms with Gasteiger partial charge in [0.05, 0.1) is 21.0 Å². The zero-order valence-corrected chi connectivity index (χ0v) is 13.0. The smallest absolute Gasteiger partial charge is 0.337 e. The highest BCUT2D eigenvalue weighted by atomic mass is 35.5. The van der Waals surface area contributed by atoms with E-state index in [0.29, 0.717) is 0 Å². The summed E-state index contributed by atoms with van der Waals surface area (Å²) in [6, 6.07) is 2.69. The van der Waals surface area contributed by atoms with Crippen molar-refractivity contribution in [3.63, 3.8) is 0 Å². The van der Waals surface area contributed by atoms with Gasteiger partial charge in [0, 0.05) is 5.02 Å². The number of carboxylic acid groups (broad SMARTS) is 1. The van der Waals surface area contributed by atoms with Crippen molar-refractivity contribution in [1.82, 2.24) is 0 Å². The molecule has 1 aromatic carbocycles. The van der Waals surface area contributed by atoms with Crippen LogP contribution in [0, 0.1) is 0 Å². The third-order valence-corrected chi connectivity index (χ3v) is 5.26. The molecule has 0 aliphatic carbocycles. The SMILES string of the molecule is CC1(C(=O)Nc2c(Cl)cc(Cl)cc2C(=O)O)CCCS1. The van der Waals surface area contributed by atoms with Crippen LogP contribution in [0.4, 0.5) is 5.69 Å². The van der Waals surface area contributed by atoms with Crippen molar-refractivity contribution in [3.8, 4) is 0 Å². The van der Waals surface area contributed by atoms with Crippen LogP contribution in [0.5, 0.6) is 0 Å². The Labute approximate surface area is 130 Å². The van der Waals surface area contributed by atoms with Gasteiger partial charge in [-0.1, -0.05) is 23.2 Å². The molecule has 1 saturated heterocycles. The molecule has 1 fully saturated rings. The molecule has 1 heterocycles. The van der Waals surface area contributed by atoms with Gasteiger partial charge in [-0.2, -0.15) is 0 Å². The maximum absolute atomic E-state index is 12.3. The van der Waals surface area contributed by atoms with Crippen LogP contribution < -0.4 is 5.32 Å². The second-order valence-corrected chi connectivity index (χ2v) is 7.19. The molecule has 1 atom stereocenters. The Morgan fingerprint density at radius 1 is 1.40 bits per heavy atom. The number of hydrogen-bond acceptors (Lipinski definition) is 3. The lowest BCUT2D eigenvalue weighted by Gasteiger charge is -2.22. The van der Waals surface area contributed by atoms with E-state index in [1.807, 2.05) is 6.92 Å². The number of anilines is 1. The van der Waals surface area contributed by atoms with Crippen LogP contribution in [-0.2, 0) is 4.79 Å². The number of rotatable bonds is 3. The molecular weight excluding hydrogens is 321 g/mol. The Kier molecular flexibility index (Phi) is 4.52. The standard InChI is InChI=1S/C13H13Cl2NO3S/c1-13(3-2-4-20-13)12(19)16-10-8(11(17)18)5-7(14)6-9(10)15/h5-6H,2-4H2,1H3,(H,16,19)(H,17,18). The lowest BCUT2D eigenvalue weighted by molar-refractivity contribution is -0.118. The summed E-state index contributed by atoms with van der Waals surface area (Å²) in [5.41, 5.74) is -0.00950. The van der Waals surface area contributed by atoms with Gasteiger partial charge in [-0.25, -0.2) is 4.79 Å². The molecule has 108 valence electrons. The predicted molar refractivity (Wildman–Crippen MR) is 82.1 cm³/mol. The van der Waals surface area contributed by atoms with E-state index in [9.17, 15) is 14.7 Å². The average Bonchev–Trinajstić information content (AvgIpc) is 2.80. The molecule has 4 nitrogen and oxygen atoms in total. The van der Waals surface area contributed by atoms with E-state index in [2.05, 4.69) is 5.32 Å². The molecule has 1 amide bonds. The Balaban J connectivity index is 2.33. The van der Waals surface area contributed by atoms with Crippen LogP contribution in [-0.4, -0.2) is 27.5 Å². The number of aromatic carboxylic acids is 1. The predicted octanol–water partition coefficient (Wildman–Crippen LogP) is 3.92. The monoisotopic (exact) mass is 333 g/mol. The summed E-state index contributed by atoms with van der Waals surface area (Å²) in [5.74, 6) is -0.495. The van der Waals surface area contributed by atoms with Crippen LogP contribution in [0.3, 0.4) is 0 Å². The summed E-state index contributed by atoms with van der Waals surface area (Å²) >= 11 is 13.4. The lowest BCUT2D eigenvalue weighted by Crippen LogP contribution is -2.35. The minimum absolute atomic E-state index is 0.0993. The van der Waals surface area contributed by atoms with Gasteiger partial charge in [0.15, 0.2) is 0 Å². The highest BCUT2D eigenvalue weighted by Gasteiger charge is 2.37. The molecule has 0 aromatic heterocycles. The van der Waals surface area contributed by atoms with Gasteiger partial charge < -0.3 is 10.4 Å². The number of hydrogen-bond donors (Lipinski definition) is 2. The molecule has 7 heteroatoms. The van der Waals surface area contributed by atoms with E-state index >= 15 is 0 Å². The Morgan fingerprint density at radius 2 is 2.10 bits per heavy atom. The van der Waals surface area contributed by atoms with Gasteiger partial charge in [-0.3, -0.25) is 4.79 Å². The zero-order chi connectivity index (χ0) is 14.9. The summed E-state index contributed by atoms with van der Waals surface area (Å²) in [6.07, 6.45) is 1.73. The minimum atomic E-state index is -1.19. The lowest BCUT2D eigenvalue weighted by atomic mass is 10.0. The molecule has 2 rings (SSSR count). The zero-order valence-electron chi connectivity index (χ0n) is 10.7. The van der Waals surface area contributed by atoms with E-state index in [-0.39, 0.29) is 27.2 Å². The first kappa shape index (κ1) is 15.5. The molecule has 0 radical (unpaired) electrons. The van der Waals surface area contributed by atoms with E-state index in [0.717, 1.165) is 18.6 Å². The van der Waals surface area contributed by atoms with Crippen LogP contribution in [0.15, 0.2) is 12.1 Å². The second kappa shape index (κ2) is 5.84. The molecule has 0 spiro atoms. The highest BCUT2D eigenvalue weighted by Crippen LogP contribution is 2.39. The number of carbonyl (C=O) groups excluding carboxylic acids is 1. The summed E-state index contributed by atoms with van der Waals surface area (Å²) in [4.78, 5) is 23.6. The number of benzene rings is 1. The number of halogens is 2. The summed E-state index contributed by atoms with van der Waals surface area (Å²) in [6.45, 7) is 1.85. The normalized spacial score (nSPS) is 21.8. The van der Waals surface area contributed by atoms with Crippen LogP contribution in [0.25, 0.3) is 0 Å². The number of carbonyl (C=O) groups is 2.